The average Bonchev–Trinajstić information content (AvgIpc) is 2.85. The van der Waals surface area contributed by atoms with Crippen LogP contribution in [0, 0.1) is 6.92 Å². The molecule has 0 unspecified atom stereocenters. The van der Waals surface area contributed by atoms with Crippen LogP contribution < -0.4 is 16.0 Å². The van der Waals surface area contributed by atoms with Gasteiger partial charge in [0, 0.05) is 5.56 Å². The molecule has 0 aliphatic carbocycles. The summed E-state index contributed by atoms with van der Waals surface area (Å²) in [6.07, 6.45) is 1.40. The van der Waals surface area contributed by atoms with Crippen LogP contribution in [0.15, 0.2) is 34.9 Å². The molecule has 0 saturated heterocycles. The van der Waals surface area contributed by atoms with Crippen LogP contribution in [0.2, 0.25) is 5.02 Å². The number of hydrazine groups is 1. The molecule has 0 bridgehead atoms. The lowest BCUT2D eigenvalue weighted by Gasteiger charge is -2.08. The van der Waals surface area contributed by atoms with Gasteiger partial charge in [-0.1, -0.05) is 17.7 Å². The molecule has 0 fully saturated rings. The van der Waals surface area contributed by atoms with Crippen molar-refractivity contribution in [3.05, 3.63) is 52.4 Å². The molecule has 2 rings (SSSR count). The topological polar surface area (TPSA) is 77.5 Å². The Labute approximate surface area is 115 Å². The minimum atomic E-state index is -0.501. The van der Waals surface area contributed by atoms with Gasteiger partial charge in [0.1, 0.15) is 12.4 Å². The highest BCUT2D eigenvalue weighted by Crippen LogP contribution is 2.26. The van der Waals surface area contributed by atoms with E-state index in [2.05, 4.69) is 0 Å². The third-order valence-electron chi connectivity index (χ3n) is 2.55. The van der Waals surface area contributed by atoms with E-state index in [1.165, 1.54) is 6.26 Å². The van der Waals surface area contributed by atoms with Crippen LogP contribution in [-0.4, -0.2) is 5.91 Å². The van der Waals surface area contributed by atoms with Crippen LogP contribution in [0.25, 0.3) is 0 Å². The first-order chi connectivity index (χ1) is 9.11. The van der Waals surface area contributed by atoms with Crippen LogP contribution in [0.1, 0.15) is 21.7 Å². The number of nitrogens with one attached hydrogen (secondary N) is 1. The second-order valence-electron chi connectivity index (χ2n) is 3.97. The second kappa shape index (κ2) is 5.77. The molecule has 0 aliphatic heterocycles. The molecule has 100 valence electrons. The number of aryl methyl sites for hydroxylation is 1. The zero-order valence-electron chi connectivity index (χ0n) is 10.3. The number of carbonyl (C=O) groups excluding carboxylic acids is 1. The average molecular weight is 281 g/mol. The first kappa shape index (κ1) is 13.5. The van der Waals surface area contributed by atoms with E-state index in [1.54, 1.807) is 18.2 Å². The molecule has 0 aliphatic rings. The normalized spacial score (nSPS) is 10.3. The molecule has 0 saturated carbocycles. The maximum Gasteiger partial charge on any atom is 0.301 e. The molecule has 0 spiro atoms. The summed E-state index contributed by atoms with van der Waals surface area (Å²) in [6, 6.07) is 7.12. The Morgan fingerprint density at radius 2 is 2.26 bits per heavy atom. The van der Waals surface area contributed by atoms with Crippen molar-refractivity contribution in [1.82, 2.24) is 5.43 Å². The molecule has 1 amide bonds. The highest BCUT2D eigenvalue weighted by Gasteiger charge is 2.15. The number of benzene rings is 1. The molecule has 2 aromatic rings. The van der Waals surface area contributed by atoms with E-state index in [4.69, 9.17) is 26.6 Å². The van der Waals surface area contributed by atoms with Gasteiger partial charge in [-0.2, -0.15) is 0 Å². The number of furan rings is 1. The van der Waals surface area contributed by atoms with Crippen LogP contribution in [-0.2, 0) is 6.61 Å². The highest BCUT2D eigenvalue weighted by atomic mass is 35.5. The lowest BCUT2D eigenvalue weighted by atomic mass is 10.2. The fourth-order valence-electron chi connectivity index (χ4n) is 1.59. The SMILES string of the molecule is Cc1ccc(OCc2ccoc2C(=O)NN)c(Cl)c1. The third kappa shape index (κ3) is 3.07. The number of nitrogen functional groups attached to an aromatic ring is 1. The summed E-state index contributed by atoms with van der Waals surface area (Å²) in [5.41, 5.74) is 3.65. The predicted molar refractivity (Wildman–Crippen MR) is 70.9 cm³/mol. The standard InChI is InChI=1S/C13H13ClN2O3/c1-8-2-3-11(10(14)6-8)19-7-9-4-5-18-12(9)13(17)16-15/h2-6H,7,15H2,1H3,(H,16,17). The summed E-state index contributed by atoms with van der Waals surface area (Å²) in [7, 11) is 0. The van der Waals surface area contributed by atoms with Gasteiger partial charge in [0.15, 0.2) is 5.76 Å². The monoisotopic (exact) mass is 280 g/mol. The van der Waals surface area contributed by atoms with Crippen LogP contribution in [0.3, 0.4) is 0 Å². The van der Waals surface area contributed by atoms with E-state index in [0.29, 0.717) is 16.3 Å². The van der Waals surface area contributed by atoms with E-state index in [-0.39, 0.29) is 12.4 Å². The summed E-state index contributed by atoms with van der Waals surface area (Å²) in [6.45, 7) is 2.11. The number of carbonyl (C=O) groups is 1. The van der Waals surface area contributed by atoms with E-state index >= 15 is 0 Å². The van der Waals surface area contributed by atoms with Gasteiger partial charge in [-0.3, -0.25) is 10.2 Å². The number of hydrogen-bond acceptors (Lipinski definition) is 4. The number of nitrogens with two attached hydrogens (primary N) is 1. The van der Waals surface area contributed by atoms with Gasteiger partial charge in [0.25, 0.3) is 0 Å². The largest absolute Gasteiger partial charge is 0.487 e. The first-order valence-corrected chi connectivity index (χ1v) is 5.96. The smallest absolute Gasteiger partial charge is 0.301 e. The molecule has 0 atom stereocenters. The van der Waals surface area contributed by atoms with Gasteiger partial charge in [-0.05, 0) is 30.7 Å². The fourth-order valence-corrected chi connectivity index (χ4v) is 1.88. The summed E-state index contributed by atoms with van der Waals surface area (Å²) in [4.78, 5) is 11.4. The number of rotatable bonds is 4. The molecule has 1 heterocycles. The Balaban J connectivity index is 2.10. The van der Waals surface area contributed by atoms with E-state index < -0.39 is 5.91 Å². The predicted octanol–water partition coefficient (Wildman–Crippen LogP) is 2.42. The molecule has 1 aromatic heterocycles. The van der Waals surface area contributed by atoms with Crippen molar-refractivity contribution in [3.8, 4) is 5.75 Å². The Hall–Kier alpha value is -1.98. The Kier molecular flexibility index (Phi) is 4.09. The fraction of sp³-hybridized carbons (Fsp3) is 0.154. The summed E-state index contributed by atoms with van der Waals surface area (Å²) in [5, 5.41) is 0.522. The molecule has 6 heteroatoms. The second-order valence-corrected chi connectivity index (χ2v) is 4.38. The van der Waals surface area contributed by atoms with Gasteiger partial charge >= 0.3 is 5.91 Å². The van der Waals surface area contributed by atoms with Crippen LogP contribution in [0.5, 0.6) is 5.75 Å². The van der Waals surface area contributed by atoms with Crippen LogP contribution in [0.4, 0.5) is 0 Å². The molecule has 3 N–H and O–H groups in total. The molecular formula is C13H13ClN2O3. The van der Waals surface area contributed by atoms with E-state index in [9.17, 15) is 4.79 Å². The highest BCUT2D eigenvalue weighted by molar-refractivity contribution is 6.32. The Morgan fingerprint density at radius 3 is 2.95 bits per heavy atom. The van der Waals surface area contributed by atoms with Crippen molar-refractivity contribution >= 4 is 17.5 Å². The third-order valence-corrected chi connectivity index (χ3v) is 2.85. The number of halogens is 1. The van der Waals surface area contributed by atoms with Gasteiger partial charge in [0.05, 0.1) is 11.3 Å². The first-order valence-electron chi connectivity index (χ1n) is 5.58. The van der Waals surface area contributed by atoms with Gasteiger partial charge in [-0.25, -0.2) is 5.84 Å². The quantitative estimate of drug-likeness (QED) is 0.512. The lowest BCUT2D eigenvalue weighted by molar-refractivity contribution is 0.0922. The number of hydrogen-bond donors (Lipinski definition) is 2. The molecule has 1 aromatic carbocycles. The molecule has 0 radical (unpaired) electrons. The van der Waals surface area contributed by atoms with Crippen LogP contribution >= 0.6 is 11.6 Å². The summed E-state index contributed by atoms with van der Waals surface area (Å²) >= 11 is 6.05. The van der Waals surface area contributed by atoms with Crippen molar-refractivity contribution < 1.29 is 13.9 Å². The summed E-state index contributed by atoms with van der Waals surface area (Å²) < 4.78 is 10.6. The molecule has 19 heavy (non-hydrogen) atoms. The number of amides is 1. The Morgan fingerprint density at radius 1 is 1.47 bits per heavy atom. The van der Waals surface area contributed by atoms with Crippen molar-refractivity contribution in [2.75, 3.05) is 0 Å². The zero-order valence-corrected chi connectivity index (χ0v) is 11.0. The van der Waals surface area contributed by atoms with Crippen molar-refractivity contribution in [1.29, 1.82) is 0 Å². The van der Waals surface area contributed by atoms with Crippen molar-refractivity contribution in [2.24, 2.45) is 5.84 Å². The van der Waals surface area contributed by atoms with E-state index in [1.807, 2.05) is 18.4 Å². The maximum absolute atomic E-state index is 11.4. The van der Waals surface area contributed by atoms with Crippen molar-refractivity contribution in [2.45, 2.75) is 13.5 Å². The molecular weight excluding hydrogens is 268 g/mol. The number of ether oxygens (including phenoxy) is 1. The van der Waals surface area contributed by atoms with Crippen molar-refractivity contribution in [3.63, 3.8) is 0 Å². The minimum Gasteiger partial charge on any atom is -0.487 e. The van der Waals surface area contributed by atoms with Gasteiger partial charge in [0.2, 0.25) is 0 Å². The summed E-state index contributed by atoms with van der Waals surface area (Å²) in [5.74, 6) is 5.24. The molecule has 5 nitrogen and oxygen atoms in total. The minimum absolute atomic E-state index is 0.130. The lowest BCUT2D eigenvalue weighted by Crippen LogP contribution is -2.30. The Bertz CT molecular complexity index is 595. The van der Waals surface area contributed by atoms with Gasteiger partial charge < -0.3 is 9.15 Å². The van der Waals surface area contributed by atoms with Gasteiger partial charge in [-0.15, -0.1) is 0 Å². The maximum atomic E-state index is 11.4. The zero-order chi connectivity index (χ0) is 13.8. The van der Waals surface area contributed by atoms with E-state index in [0.717, 1.165) is 5.56 Å².